The zero-order chi connectivity index (χ0) is 17.7. The molecule has 0 saturated carbocycles. The molecule has 0 spiro atoms. The summed E-state index contributed by atoms with van der Waals surface area (Å²) in [5, 5.41) is 24.1. The first-order valence-electron chi connectivity index (χ1n) is 7.72. The van der Waals surface area contributed by atoms with Crippen LogP contribution in [0.3, 0.4) is 0 Å². The molecule has 0 aromatic heterocycles. The molecule has 0 fully saturated rings. The molecule has 6 nitrogen and oxygen atoms in total. The van der Waals surface area contributed by atoms with Gasteiger partial charge in [0, 0.05) is 17.7 Å². The van der Waals surface area contributed by atoms with Gasteiger partial charge in [-0.2, -0.15) is 0 Å². The van der Waals surface area contributed by atoms with Crippen molar-refractivity contribution in [3.8, 4) is 5.75 Å². The monoisotopic (exact) mass is 330 g/mol. The van der Waals surface area contributed by atoms with Crippen molar-refractivity contribution in [2.75, 3.05) is 13.7 Å². The van der Waals surface area contributed by atoms with Crippen molar-refractivity contribution in [2.45, 2.75) is 25.9 Å². The van der Waals surface area contributed by atoms with E-state index in [9.17, 15) is 15.2 Å². The minimum absolute atomic E-state index is 0.0918. The molecule has 0 aliphatic rings. The van der Waals surface area contributed by atoms with Crippen LogP contribution in [0, 0.1) is 17.0 Å². The predicted molar refractivity (Wildman–Crippen MR) is 92.2 cm³/mol. The Hall–Kier alpha value is -2.44. The standard InChI is InChI=1S/C18H22N2O4/c1-12-7-8-14(10-18(12)20(22)23)13(2)19-17(11-21)15-5-4-6-16(9-15)24-3/h4-10,13,17,19,21H,11H2,1-3H3. The van der Waals surface area contributed by atoms with E-state index < -0.39 is 0 Å². The fourth-order valence-electron chi connectivity index (χ4n) is 2.60. The molecule has 0 heterocycles. The van der Waals surface area contributed by atoms with Gasteiger partial charge in [0.15, 0.2) is 0 Å². The highest BCUT2D eigenvalue weighted by molar-refractivity contribution is 5.43. The number of nitro groups is 1. The van der Waals surface area contributed by atoms with Crippen LogP contribution < -0.4 is 10.1 Å². The Bertz CT molecular complexity index is 718. The van der Waals surface area contributed by atoms with Crippen LogP contribution in [-0.2, 0) is 0 Å². The number of rotatable bonds is 7. The number of aliphatic hydroxyl groups is 1. The van der Waals surface area contributed by atoms with Crippen LogP contribution in [-0.4, -0.2) is 23.7 Å². The van der Waals surface area contributed by atoms with Crippen molar-refractivity contribution in [3.05, 3.63) is 69.3 Å². The predicted octanol–water partition coefficient (Wildman–Crippen LogP) is 3.30. The Morgan fingerprint density at radius 1 is 1.25 bits per heavy atom. The summed E-state index contributed by atoms with van der Waals surface area (Å²) in [6, 6.07) is 12.2. The highest BCUT2D eigenvalue weighted by Gasteiger charge is 2.18. The van der Waals surface area contributed by atoms with Gasteiger partial charge in [-0.05, 0) is 37.1 Å². The summed E-state index contributed by atoms with van der Waals surface area (Å²) < 4.78 is 5.21. The molecule has 2 N–H and O–H groups in total. The van der Waals surface area contributed by atoms with E-state index in [1.165, 1.54) is 0 Å². The maximum Gasteiger partial charge on any atom is 0.272 e. The van der Waals surface area contributed by atoms with Crippen LogP contribution in [0.25, 0.3) is 0 Å². The zero-order valence-corrected chi connectivity index (χ0v) is 14.0. The van der Waals surface area contributed by atoms with Gasteiger partial charge in [-0.25, -0.2) is 0 Å². The summed E-state index contributed by atoms with van der Waals surface area (Å²) in [6.45, 7) is 3.54. The third-order valence-electron chi connectivity index (χ3n) is 4.06. The minimum Gasteiger partial charge on any atom is -0.497 e. The van der Waals surface area contributed by atoms with Crippen molar-refractivity contribution < 1.29 is 14.8 Å². The Morgan fingerprint density at radius 3 is 2.62 bits per heavy atom. The normalized spacial score (nSPS) is 13.3. The van der Waals surface area contributed by atoms with E-state index in [4.69, 9.17) is 4.74 Å². The second-order valence-electron chi connectivity index (χ2n) is 5.70. The first-order valence-corrected chi connectivity index (χ1v) is 7.72. The highest BCUT2D eigenvalue weighted by Crippen LogP contribution is 2.26. The third-order valence-corrected chi connectivity index (χ3v) is 4.06. The SMILES string of the molecule is COc1cccc(C(CO)NC(C)c2ccc(C)c([N+](=O)[O-])c2)c1. The molecule has 0 amide bonds. The summed E-state index contributed by atoms with van der Waals surface area (Å²) in [6.07, 6.45) is 0. The quantitative estimate of drug-likeness (QED) is 0.601. The van der Waals surface area contributed by atoms with E-state index in [1.807, 2.05) is 37.3 Å². The lowest BCUT2D eigenvalue weighted by molar-refractivity contribution is -0.385. The molecule has 6 heteroatoms. The van der Waals surface area contributed by atoms with Gasteiger partial charge in [-0.15, -0.1) is 0 Å². The van der Waals surface area contributed by atoms with Crippen LogP contribution in [0.4, 0.5) is 5.69 Å². The summed E-state index contributed by atoms with van der Waals surface area (Å²) >= 11 is 0. The van der Waals surface area contributed by atoms with E-state index >= 15 is 0 Å². The molecule has 128 valence electrons. The van der Waals surface area contributed by atoms with Crippen LogP contribution in [0.1, 0.15) is 35.7 Å². The summed E-state index contributed by atoms with van der Waals surface area (Å²) in [7, 11) is 1.59. The number of hydrogen-bond acceptors (Lipinski definition) is 5. The first-order chi connectivity index (χ1) is 11.5. The van der Waals surface area contributed by atoms with Crippen LogP contribution in [0.15, 0.2) is 42.5 Å². The molecule has 0 saturated heterocycles. The third kappa shape index (κ3) is 4.10. The number of ether oxygens (including phenoxy) is 1. The number of aryl methyl sites for hydroxylation is 1. The van der Waals surface area contributed by atoms with Crippen LogP contribution in [0.5, 0.6) is 5.75 Å². The van der Waals surface area contributed by atoms with Gasteiger partial charge < -0.3 is 15.2 Å². The van der Waals surface area contributed by atoms with Crippen molar-refractivity contribution >= 4 is 5.69 Å². The summed E-state index contributed by atoms with van der Waals surface area (Å²) in [5.74, 6) is 0.714. The smallest absolute Gasteiger partial charge is 0.272 e. The van der Waals surface area contributed by atoms with Gasteiger partial charge in [-0.3, -0.25) is 10.1 Å². The Labute approximate surface area is 141 Å². The molecule has 0 radical (unpaired) electrons. The number of nitrogens with zero attached hydrogens (tertiary/aromatic N) is 1. The second kappa shape index (κ2) is 7.90. The average Bonchev–Trinajstić information content (AvgIpc) is 2.59. The molecule has 2 aromatic rings. The largest absolute Gasteiger partial charge is 0.497 e. The second-order valence-corrected chi connectivity index (χ2v) is 5.70. The lowest BCUT2D eigenvalue weighted by atomic mass is 10.0. The molecular weight excluding hydrogens is 308 g/mol. The number of benzene rings is 2. The molecule has 2 atom stereocenters. The summed E-state index contributed by atoms with van der Waals surface area (Å²) in [4.78, 5) is 10.7. The molecule has 24 heavy (non-hydrogen) atoms. The van der Waals surface area contributed by atoms with Crippen molar-refractivity contribution in [1.29, 1.82) is 0 Å². The maximum atomic E-state index is 11.1. The van der Waals surface area contributed by atoms with Gasteiger partial charge >= 0.3 is 0 Å². The van der Waals surface area contributed by atoms with Crippen LogP contribution >= 0.6 is 0 Å². The summed E-state index contributed by atoms with van der Waals surface area (Å²) in [5.41, 5.74) is 2.42. The molecule has 0 bridgehead atoms. The van der Waals surface area contributed by atoms with E-state index in [0.29, 0.717) is 11.3 Å². The fraction of sp³-hybridized carbons (Fsp3) is 0.333. The number of nitro benzene ring substituents is 1. The van der Waals surface area contributed by atoms with Gasteiger partial charge in [0.2, 0.25) is 0 Å². The molecule has 0 aliphatic heterocycles. The highest BCUT2D eigenvalue weighted by atomic mass is 16.6. The van der Waals surface area contributed by atoms with Gasteiger partial charge in [0.1, 0.15) is 5.75 Å². The van der Waals surface area contributed by atoms with Crippen molar-refractivity contribution in [3.63, 3.8) is 0 Å². The first kappa shape index (κ1) is 17.9. The molecule has 0 aliphatic carbocycles. The van der Waals surface area contributed by atoms with Gasteiger partial charge in [0.05, 0.1) is 24.7 Å². The number of aliphatic hydroxyl groups excluding tert-OH is 1. The molecule has 2 aromatic carbocycles. The Balaban J connectivity index is 2.21. The lowest BCUT2D eigenvalue weighted by Gasteiger charge is -2.23. The molecule has 2 unspecified atom stereocenters. The molecule has 2 rings (SSSR count). The van der Waals surface area contributed by atoms with E-state index in [-0.39, 0.29) is 29.3 Å². The minimum atomic E-state index is -0.378. The maximum absolute atomic E-state index is 11.1. The Morgan fingerprint density at radius 2 is 2.00 bits per heavy atom. The number of hydrogen-bond donors (Lipinski definition) is 2. The van der Waals surface area contributed by atoms with E-state index in [0.717, 1.165) is 11.1 Å². The fourth-order valence-corrected chi connectivity index (χ4v) is 2.60. The van der Waals surface area contributed by atoms with E-state index in [2.05, 4.69) is 5.32 Å². The number of nitrogens with one attached hydrogen (secondary N) is 1. The van der Waals surface area contributed by atoms with Gasteiger partial charge in [0.25, 0.3) is 5.69 Å². The lowest BCUT2D eigenvalue weighted by Crippen LogP contribution is -2.27. The van der Waals surface area contributed by atoms with Crippen molar-refractivity contribution in [1.82, 2.24) is 5.32 Å². The van der Waals surface area contributed by atoms with E-state index in [1.54, 1.807) is 26.2 Å². The topological polar surface area (TPSA) is 84.6 Å². The average molecular weight is 330 g/mol. The van der Waals surface area contributed by atoms with Crippen LogP contribution in [0.2, 0.25) is 0 Å². The van der Waals surface area contributed by atoms with Crippen molar-refractivity contribution in [2.24, 2.45) is 0 Å². The van der Waals surface area contributed by atoms with Gasteiger partial charge in [-0.1, -0.05) is 24.3 Å². The molecular formula is C18H22N2O4. The Kier molecular flexibility index (Phi) is 5.89. The zero-order valence-electron chi connectivity index (χ0n) is 14.0. The number of methoxy groups -OCH3 is 1.